The number of alkyl halides is 4. The third-order valence-electron chi connectivity index (χ3n) is 7.93. The van der Waals surface area contributed by atoms with Gasteiger partial charge in [-0.25, -0.2) is 8.42 Å². The smallest absolute Gasteiger partial charge is 0.320 e. The van der Waals surface area contributed by atoms with Crippen molar-refractivity contribution in [1.29, 1.82) is 0 Å². The van der Waals surface area contributed by atoms with Gasteiger partial charge in [-0.05, 0) is 67.3 Å². The largest absolute Gasteiger partial charge is 0.404 e. The van der Waals surface area contributed by atoms with Gasteiger partial charge in [-0.3, -0.25) is 9.13 Å². The van der Waals surface area contributed by atoms with Crippen LogP contribution in [-0.4, -0.2) is 36.9 Å². The van der Waals surface area contributed by atoms with Gasteiger partial charge < -0.3 is 18.5 Å². The Kier molecular flexibility index (Phi) is 13.2. The Labute approximate surface area is 303 Å². The summed E-state index contributed by atoms with van der Waals surface area (Å²) >= 11 is 3.05. The van der Waals surface area contributed by atoms with Crippen molar-refractivity contribution in [3.8, 4) is 0 Å². The lowest BCUT2D eigenvalue weighted by Gasteiger charge is -2.27. The molecule has 51 heavy (non-hydrogen) atoms. The standard InChI is InChI=1S/C34H38BrF4NO8P2S/c1-5-24(4)48-49(41,42)34(38,39)31-19-14-26(20-32(31)35)23-40(51(44,45)30-18-15-27-10-8-9-11-28(27)21-30)22-25-12-16-29(17-13-25)33(36,37)50(43,46-6-2)47-7-3/h8-21,24H,5-7,22-23H2,1-4H3,(H,41,42). The van der Waals surface area contributed by atoms with E-state index in [9.17, 15) is 22.4 Å². The molecular weight excluding hydrogens is 800 g/mol. The van der Waals surface area contributed by atoms with Crippen LogP contribution in [0.1, 0.15) is 56.4 Å². The first kappa shape index (κ1) is 41.3. The first-order valence-electron chi connectivity index (χ1n) is 15.9. The zero-order valence-corrected chi connectivity index (χ0v) is 32.3. The molecule has 278 valence electrons. The third-order valence-corrected chi connectivity index (χ3v) is 14.1. The Morgan fingerprint density at radius 2 is 1.37 bits per heavy atom. The van der Waals surface area contributed by atoms with Gasteiger partial charge in [0.15, 0.2) is 0 Å². The van der Waals surface area contributed by atoms with Crippen LogP contribution in [0, 0.1) is 0 Å². The van der Waals surface area contributed by atoms with Crippen LogP contribution in [-0.2, 0) is 57.1 Å². The highest BCUT2D eigenvalue weighted by atomic mass is 79.9. The molecule has 0 aliphatic heterocycles. The number of hydrogen-bond donors (Lipinski definition) is 1. The SMILES string of the molecule is CCOP(=O)(OCC)C(F)(F)c1ccc(CN(Cc2ccc(C(F)(F)P(=O)(O)OC(C)CC)c(Br)c2)S(=O)(=O)c2ccc3ccccc3c2)cc1. The lowest BCUT2D eigenvalue weighted by Crippen LogP contribution is -2.30. The maximum absolute atomic E-state index is 15.4. The fourth-order valence-corrected chi connectivity index (χ4v) is 10.1. The Hall–Kier alpha value is -2.45. The van der Waals surface area contributed by atoms with E-state index in [1.165, 1.54) is 57.2 Å². The van der Waals surface area contributed by atoms with Crippen LogP contribution in [0.2, 0.25) is 0 Å². The average molecular weight is 839 g/mol. The molecule has 0 saturated carbocycles. The van der Waals surface area contributed by atoms with Crippen LogP contribution in [0.15, 0.2) is 94.3 Å². The van der Waals surface area contributed by atoms with Crippen molar-refractivity contribution in [3.63, 3.8) is 0 Å². The summed E-state index contributed by atoms with van der Waals surface area (Å²) in [6.07, 6.45) is -0.702. The summed E-state index contributed by atoms with van der Waals surface area (Å²) in [7, 11) is -14.7. The van der Waals surface area contributed by atoms with Gasteiger partial charge in [-0.15, -0.1) is 0 Å². The molecule has 1 N–H and O–H groups in total. The molecule has 0 aliphatic carbocycles. The molecule has 0 bridgehead atoms. The first-order chi connectivity index (χ1) is 23.8. The van der Waals surface area contributed by atoms with Gasteiger partial charge in [0.2, 0.25) is 10.0 Å². The molecule has 0 saturated heterocycles. The first-order valence-corrected chi connectivity index (χ1v) is 21.2. The Bertz CT molecular complexity index is 2040. The predicted octanol–water partition coefficient (Wildman–Crippen LogP) is 10.4. The summed E-state index contributed by atoms with van der Waals surface area (Å²) in [6.45, 7) is 4.51. The van der Waals surface area contributed by atoms with Gasteiger partial charge in [-0.1, -0.05) is 89.6 Å². The molecule has 0 spiro atoms. The summed E-state index contributed by atoms with van der Waals surface area (Å²) in [4.78, 5) is 10.1. The van der Waals surface area contributed by atoms with Gasteiger partial charge >= 0.3 is 26.5 Å². The summed E-state index contributed by atoms with van der Waals surface area (Å²) in [5.74, 6) is 0. The maximum Gasteiger partial charge on any atom is 0.404 e. The summed E-state index contributed by atoms with van der Waals surface area (Å²) in [5, 5.41) is 1.43. The zero-order chi connectivity index (χ0) is 37.8. The minimum Gasteiger partial charge on any atom is -0.320 e. The predicted molar refractivity (Wildman–Crippen MR) is 190 cm³/mol. The second-order valence-corrected chi connectivity index (χ2v) is 18.2. The van der Waals surface area contributed by atoms with Crippen molar-refractivity contribution in [2.75, 3.05) is 13.2 Å². The number of fused-ring (bicyclic) bond motifs is 1. The summed E-state index contributed by atoms with van der Waals surface area (Å²) < 4.78 is 131. The Balaban J connectivity index is 1.73. The monoisotopic (exact) mass is 837 g/mol. The van der Waals surface area contributed by atoms with E-state index in [0.717, 1.165) is 27.9 Å². The second kappa shape index (κ2) is 16.3. The van der Waals surface area contributed by atoms with Crippen molar-refractivity contribution in [2.45, 2.75) is 69.5 Å². The van der Waals surface area contributed by atoms with Crippen molar-refractivity contribution in [3.05, 3.63) is 112 Å². The fraction of sp³-hybridized carbons (Fsp3) is 0.353. The molecule has 0 heterocycles. The number of sulfonamides is 1. The molecule has 9 nitrogen and oxygen atoms in total. The van der Waals surface area contributed by atoms with E-state index in [-0.39, 0.29) is 53.2 Å². The average Bonchev–Trinajstić information content (AvgIpc) is 3.07. The van der Waals surface area contributed by atoms with Gasteiger partial charge in [0, 0.05) is 28.7 Å². The third kappa shape index (κ3) is 8.86. The second-order valence-electron chi connectivity index (χ2n) is 11.6. The van der Waals surface area contributed by atoms with Gasteiger partial charge in [0.1, 0.15) is 0 Å². The zero-order valence-electron chi connectivity index (χ0n) is 28.1. The highest BCUT2D eigenvalue weighted by Gasteiger charge is 2.55. The number of hydrogen-bond acceptors (Lipinski definition) is 7. The molecule has 2 unspecified atom stereocenters. The van der Waals surface area contributed by atoms with E-state index in [1.807, 2.05) is 6.07 Å². The fourth-order valence-electron chi connectivity index (χ4n) is 5.06. The van der Waals surface area contributed by atoms with E-state index < -0.39 is 53.8 Å². The minimum absolute atomic E-state index is 0.0793. The van der Waals surface area contributed by atoms with Crippen LogP contribution >= 0.6 is 31.1 Å². The van der Waals surface area contributed by atoms with E-state index >= 15 is 17.6 Å². The van der Waals surface area contributed by atoms with E-state index in [0.29, 0.717) is 5.39 Å². The molecule has 4 aromatic rings. The minimum atomic E-state index is -5.48. The van der Waals surface area contributed by atoms with Crippen LogP contribution in [0.4, 0.5) is 17.6 Å². The van der Waals surface area contributed by atoms with Gasteiger partial charge in [0.25, 0.3) is 0 Å². The number of halogens is 5. The van der Waals surface area contributed by atoms with E-state index in [2.05, 4.69) is 15.9 Å². The highest BCUT2D eigenvalue weighted by Crippen LogP contribution is 2.67. The summed E-state index contributed by atoms with van der Waals surface area (Å²) in [6, 6.07) is 19.5. The highest BCUT2D eigenvalue weighted by molar-refractivity contribution is 9.10. The van der Waals surface area contributed by atoms with Crippen LogP contribution in [0.5, 0.6) is 0 Å². The normalized spacial score (nSPS) is 14.9. The summed E-state index contributed by atoms with van der Waals surface area (Å²) in [5.41, 5.74) is -9.33. The molecule has 0 amide bonds. The number of nitrogens with zero attached hydrogens (tertiary/aromatic N) is 1. The maximum atomic E-state index is 15.4. The topological polar surface area (TPSA) is 119 Å². The number of rotatable bonds is 17. The molecule has 17 heteroatoms. The molecule has 4 rings (SSSR count). The van der Waals surface area contributed by atoms with Crippen LogP contribution < -0.4 is 0 Å². The molecule has 2 atom stereocenters. The van der Waals surface area contributed by atoms with Crippen molar-refractivity contribution in [2.24, 2.45) is 0 Å². The quantitative estimate of drug-likeness (QED) is 0.0825. The van der Waals surface area contributed by atoms with Crippen molar-refractivity contribution in [1.82, 2.24) is 4.31 Å². The molecule has 0 aliphatic rings. The van der Waals surface area contributed by atoms with Gasteiger partial charge in [-0.2, -0.15) is 21.9 Å². The number of benzene rings is 4. The molecule has 0 fully saturated rings. The Morgan fingerprint density at radius 3 is 1.94 bits per heavy atom. The molecule has 0 radical (unpaired) electrons. The molecular formula is C34H38BrF4NO8P2S. The van der Waals surface area contributed by atoms with Crippen molar-refractivity contribution >= 4 is 51.9 Å². The van der Waals surface area contributed by atoms with E-state index in [4.69, 9.17) is 13.6 Å². The van der Waals surface area contributed by atoms with E-state index in [1.54, 1.807) is 31.2 Å². The molecule has 4 aromatic carbocycles. The lowest BCUT2D eigenvalue weighted by atomic mass is 10.1. The van der Waals surface area contributed by atoms with Crippen molar-refractivity contribution < 1.29 is 53.6 Å². The van der Waals surface area contributed by atoms with Crippen LogP contribution in [0.3, 0.4) is 0 Å². The molecule has 0 aromatic heterocycles. The van der Waals surface area contributed by atoms with Gasteiger partial charge in [0.05, 0.1) is 24.2 Å². The lowest BCUT2D eigenvalue weighted by molar-refractivity contribution is 0.0341. The van der Waals surface area contributed by atoms with Crippen LogP contribution in [0.25, 0.3) is 10.8 Å². The Morgan fingerprint density at radius 1 is 0.804 bits per heavy atom.